The summed E-state index contributed by atoms with van der Waals surface area (Å²) < 4.78 is 7.11. The number of carbonyl (C=O) groups is 2. The second-order valence-corrected chi connectivity index (χ2v) is 7.61. The van der Waals surface area contributed by atoms with E-state index in [0.717, 1.165) is 39.5 Å². The van der Waals surface area contributed by atoms with Crippen molar-refractivity contribution in [3.8, 4) is 0 Å². The second kappa shape index (κ2) is 9.13. The van der Waals surface area contributed by atoms with Crippen LogP contribution in [0.2, 0.25) is 0 Å². The molecule has 0 bridgehead atoms. The SMILES string of the molecule is CCOC(=O)c1ccc2c(c1)nc(SCC(=O)Nc1c(C)cccc1C)n2CC. The van der Waals surface area contributed by atoms with Crippen molar-refractivity contribution in [3.05, 3.63) is 53.1 Å². The van der Waals surface area contributed by atoms with E-state index in [1.165, 1.54) is 11.8 Å². The number of thioether (sulfide) groups is 1. The normalized spacial score (nSPS) is 10.9. The van der Waals surface area contributed by atoms with Crippen LogP contribution >= 0.6 is 11.8 Å². The number of anilines is 1. The summed E-state index contributed by atoms with van der Waals surface area (Å²) in [5, 5.41) is 3.75. The van der Waals surface area contributed by atoms with Crippen LogP contribution in [0.4, 0.5) is 5.69 Å². The maximum absolute atomic E-state index is 12.5. The van der Waals surface area contributed by atoms with Crippen molar-refractivity contribution >= 4 is 40.4 Å². The quantitative estimate of drug-likeness (QED) is 0.455. The molecular formula is C22H25N3O3S. The minimum absolute atomic E-state index is 0.0747. The summed E-state index contributed by atoms with van der Waals surface area (Å²) in [5.41, 5.74) is 5.06. The Balaban J connectivity index is 1.77. The van der Waals surface area contributed by atoms with Crippen molar-refractivity contribution < 1.29 is 14.3 Å². The number of carbonyl (C=O) groups excluding carboxylic acids is 2. The van der Waals surface area contributed by atoms with Gasteiger partial charge in [-0.15, -0.1) is 0 Å². The van der Waals surface area contributed by atoms with Gasteiger partial charge < -0.3 is 14.6 Å². The van der Waals surface area contributed by atoms with Gasteiger partial charge in [0, 0.05) is 12.2 Å². The minimum Gasteiger partial charge on any atom is -0.462 e. The lowest BCUT2D eigenvalue weighted by Crippen LogP contribution is -2.16. The summed E-state index contributed by atoms with van der Waals surface area (Å²) >= 11 is 1.38. The topological polar surface area (TPSA) is 73.2 Å². The van der Waals surface area contributed by atoms with Gasteiger partial charge in [-0.3, -0.25) is 4.79 Å². The molecule has 0 aliphatic rings. The van der Waals surface area contributed by atoms with E-state index in [1.807, 2.05) is 49.6 Å². The van der Waals surface area contributed by atoms with Crippen LogP contribution in [0.3, 0.4) is 0 Å². The van der Waals surface area contributed by atoms with E-state index in [2.05, 4.69) is 10.3 Å². The zero-order chi connectivity index (χ0) is 21.0. The molecule has 7 heteroatoms. The van der Waals surface area contributed by atoms with E-state index in [-0.39, 0.29) is 17.6 Å². The highest BCUT2D eigenvalue weighted by Gasteiger charge is 2.15. The molecule has 0 unspecified atom stereocenters. The third-order valence-corrected chi connectivity index (χ3v) is 5.59. The molecule has 29 heavy (non-hydrogen) atoms. The van der Waals surface area contributed by atoms with Crippen LogP contribution in [0.15, 0.2) is 41.6 Å². The van der Waals surface area contributed by atoms with E-state index in [9.17, 15) is 9.59 Å². The molecule has 0 atom stereocenters. The number of esters is 1. The number of rotatable bonds is 7. The molecule has 3 rings (SSSR count). The number of nitrogens with zero attached hydrogens (tertiary/aromatic N) is 2. The number of amides is 1. The third-order valence-electron chi connectivity index (χ3n) is 4.62. The Bertz CT molecular complexity index is 1040. The molecule has 1 heterocycles. The predicted octanol–water partition coefficient (Wildman–Crippen LogP) is 4.58. The average Bonchev–Trinajstić information content (AvgIpc) is 3.06. The number of hydrogen-bond acceptors (Lipinski definition) is 5. The van der Waals surface area contributed by atoms with Crippen LogP contribution in [0.25, 0.3) is 11.0 Å². The molecule has 152 valence electrons. The molecule has 6 nitrogen and oxygen atoms in total. The van der Waals surface area contributed by atoms with Crippen LogP contribution in [0.1, 0.15) is 35.3 Å². The van der Waals surface area contributed by atoms with Crippen molar-refractivity contribution in [2.45, 2.75) is 39.4 Å². The predicted molar refractivity (Wildman–Crippen MR) is 117 cm³/mol. The molecule has 2 aromatic carbocycles. The third kappa shape index (κ3) is 4.62. The lowest BCUT2D eigenvalue weighted by atomic mass is 10.1. The Morgan fingerprint density at radius 3 is 2.52 bits per heavy atom. The summed E-state index contributed by atoms with van der Waals surface area (Å²) in [4.78, 5) is 29.1. The molecule has 0 fully saturated rings. The van der Waals surface area contributed by atoms with Gasteiger partial charge in [-0.05, 0) is 57.0 Å². The van der Waals surface area contributed by atoms with E-state index in [4.69, 9.17) is 4.74 Å². The van der Waals surface area contributed by atoms with Gasteiger partial charge in [0.1, 0.15) is 0 Å². The van der Waals surface area contributed by atoms with Crippen LogP contribution in [-0.2, 0) is 16.1 Å². The monoisotopic (exact) mass is 411 g/mol. The number of hydrogen-bond donors (Lipinski definition) is 1. The van der Waals surface area contributed by atoms with Gasteiger partial charge in [-0.25, -0.2) is 9.78 Å². The highest BCUT2D eigenvalue weighted by atomic mass is 32.2. The number of ether oxygens (including phenoxy) is 1. The first-order valence-electron chi connectivity index (χ1n) is 9.60. The average molecular weight is 412 g/mol. The van der Waals surface area contributed by atoms with Crippen molar-refractivity contribution in [1.82, 2.24) is 9.55 Å². The number of para-hydroxylation sites is 1. The number of aryl methyl sites for hydroxylation is 3. The first kappa shape index (κ1) is 20.9. The Morgan fingerprint density at radius 2 is 1.86 bits per heavy atom. The number of imidazole rings is 1. The van der Waals surface area contributed by atoms with E-state index >= 15 is 0 Å². The summed E-state index contributed by atoms with van der Waals surface area (Å²) in [7, 11) is 0. The maximum Gasteiger partial charge on any atom is 0.338 e. The molecule has 0 aliphatic carbocycles. The number of nitrogens with one attached hydrogen (secondary N) is 1. The van der Waals surface area contributed by atoms with Crippen LogP contribution in [0, 0.1) is 13.8 Å². The highest BCUT2D eigenvalue weighted by molar-refractivity contribution is 7.99. The first-order valence-corrected chi connectivity index (χ1v) is 10.6. The minimum atomic E-state index is -0.359. The first-order chi connectivity index (χ1) is 13.9. The fourth-order valence-corrected chi connectivity index (χ4v) is 4.06. The fourth-order valence-electron chi connectivity index (χ4n) is 3.18. The Hall–Kier alpha value is -2.80. The van der Waals surface area contributed by atoms with Crippen LogP contribution in [0.5, 0.6) is 0 Å². The maximum atomic E-state index is 12.5. The van der Waals surface area contributed by atoms with Crippen LogP contribution in [-0.4, -0.2) is 33.8 Å². The summed E-state index contributed by atoms with van der Waals surface area (Å²) in [6, 6.07) is 11.3. The highest BCUT2D eigenvalue weighted by Crippen LogP contribution is 2.26. The van der Waals surface area contributed by atoms with Crippen LogP contribution < -0.4 is 5.32 Å². The lowest BCUT2D eigenvalue weighted by Gasteiger charge is -2.11. The molecule has 0 aliphatic heterocycles. The largest absolute Gasteiger partial charge is 0.462 e. The standard InChI is InChI=1S/C22H25N3O3S/c1-5-25-18-11-10-16(21(27)28-6-2)12-17(18)23-22(25)29-13-19(26)24-20-14(3)8-7-9-15(20)4/h7-12H,5-6,13H2,1-4H3,(H,24,26). The lowest BCUT2D eigenvalue weighted by molar-refractivity contribution is -0.113. The molecule has 1 amide bonds. The Kier molecular flexibility index (Phi) is 6.59. The zero-order valence-corrected chi connectivity index (χ0v) is 17.9. The number of benzene rings is 2. The summed E-state index contributed by atoms with van der Waals surface area (Å²) in [6.07, 6.45) is 0. The molecule has 0 saturated carbocycles. The van der Waals surface area contributed by atoms with Gasteiger partial charge >= 0.3 is 5.97 Å². The van der Waals surface area contributed by atoms with Gasteiger partial charge in [0.2, 0.25) is 5.91 Å². The van der Waals surface area contributed by atoms with Gasteiger partial charge in [-0.1, -0.05) is 30.0 Å². The molecule has 0 saturated heterocycles. The Labute approximate surface area is 174 Å². The second-order valence-electron chi connectivity index (χ2n) is 6.67. The smallest absolute Gasteiger partial charge is 0.338 e. The van der Waals surface area contributed by atoms with Gasteiger partial charge in [0.25, 0.3) is 0 Å². The number of fused-ring (bicyclic) bond motifs is 1. The van der Waals surface area contributed by atoms with E-state index in [0.29, 0.717) is 12.2 Å². The van der Waals surface area contributed by atoms with Crippen molar-refractivity contribution in [1.29, 1.82) is 0 Å². The molecule has 1 aromatic heterocycles. The molecule has 0 radical (unpaired) electrons. The Morgan fingerprint density at radius 1 is 1.14 bits per heavy atom. The van der Waals surface area contributed by atoms with Gasteiger partial charge in [0.05, 0.1) is 29.0 Å². The van der Waals surface area contributed by atoms with Gasteiger partial charge in [0.15, 0.2) is 5.16 Å². The fraction of sp³-hybridized carbons (Fsp3) is 0.318. The van der Waals surface area contributed by atoms with E-state index < -0.39 is 0 Å². The van der Waals surface area contributed by atoms with Gasteiger partial charge in [-0.2, -0.15) is 0 Å². The number of aromatic nitrogens is 2. The van der Waals surface area contributed by atoms with E-state index in [1.54, 1.807) is 19.1 Å². The summed E-state index contributed by atoms with van der Waals surface area (Å²) in [6.45, 7) is 8.81. The van der Waals surface area contributed by atoms with Crippen molar-refractivity contribution in [2.24, 2.45) is 0 Å². The molecule has 3 aromatic rings. The molecule has 0 spiro atoms. The molecule has 1 N–H and O–H groups in total. The molecular weight excluding hydrogens is 386 g/mol. The summed E-state index contributed by atoms with van der Waals surface area (Å²) in [5.74, 6) is -0.182. The van der Waals surface area contributed by atoms with Crippen molar-refractivity contribution in [3.63, 3.8) is 0 Å². The zero-order valence-electron chi connectivity index (χ0n) is 17.1. The van der Waals surface area contributed by atoms with Crippen molar-refractivity contribution in [2.75, 3.05) is 17.7 Å².